The van der Waals surface area contributed by atoms with Gasteiger partial charge in [-0.25, -0.2) is 0 Å². The van der Waals surface area contributed by atoms with Gasteiger partial charge in [0.15, 0.2) is 11.5 Å². The Morgan fingerprint density at radius 1 is 1.04 bits per heavy atom. The van der Waals surface area contributed by atoms with Crippen molar-refractivity contribution in [2.75, 3.05) is 14.2 Å². The zero-order valence-corrected chi connectivity index (χ0v) is 13.8. The lowest BCUT2D eigenvalue weighted by molar-refractivity contribution is -0.135. The first-order valence-electron chi connectivity index (χ1n) is 7.57. The first kappa shape index (κ1) is 15.4. The van der Waals surface area contributed by atoms with Crippen molar-refractivity contribution in [1.82, 2.24) is 0 Å². The first-order chi connectivity index (χ1) is 11.0. The average Bonchev–Trinajstić information content (AvgIpc) is 2.54. The van der Waals surface area contributed by atoms with E-state index in [1.54, 1.807) is 14.2 Å². The van der Waals surface area contributed by atoms with Gasteiger partial charge in [-0.2, -0.15) is 0 Å². The molecule has 2 aromatic carbocycles. The molecule has 0 bridgehead atoms. The number of rotatable bonds is 3. The summed E-state index contributed by atoms with van der Waals surface area (Å²) in [7, 11) is 3.22. The smallest absolute Gasteiger partial charge is 0.312 e. The fourth-order valence-corrected chi connectivity index (χ4v) is 3.18. The zero-order chi connectivity index (χ0) is 16.6. The Hall–Kier alpha value is -2.49. The fourth-order valence-electron chi connectivity index (χ4n) is 3.18. The molecule has 0 saturated heterocycles. The van der Waals surface area contributed by atoms with Crippen LogP contribution in [0.2, 0.25) is 0 Å². The summed E-state index contributed by atoms with van der Waals surface area (Å²) in [6.07, 6.45) is 0.325. The fraction of sp³-hybridized carbons (Fsp3) is 0.316. The van der Waals surface area contributed by atoms with E-state index in [4.69, 9.17) is 14.2 Å². The van der Waals surface area contributed by atoms with Crippen molar-refractivity contribution >= 4 is 5.97 Å². The van der Waals surface area contributed by atoms with Crippen LogP contribution in [0.4, 0.5) is 0 Å². The maximum atomic E-state index is 12.0. The molecule has 1 aliphatic heterocycles. The van der Waals surface area contributed by atoms with Crippen LogP contribution >= 0.6 is 0 Å². The minimum Gasteiger partial charge on any atom is -0.493 e. The molecular weight excluding hydrogens is 292 g/mol. The highest BCUT2D eigenvalue weighted by atomic mass is 16.5. The maximum Gasteiger partial charge on any atom is 0.312 e. The van der Waals surface area contributed by atoms with Crippen molar-refractivity contribution in [2.24, 2.45) is 0 Å². The minimum absolute atomic E-state index is 0.0374. The lowest BCUT2D eigenvalue weighted by atomic mass is 9.84. The largest absolute Gasteiger partial charge is 0.493 e. The summed E-state index contributed by atoms with van der Waals surface area (Å²) in [6, 6.07) is 9.91. The van der Waals surface area contributed by atoms with E-state index in [9.17, 15) is 4.79 Å². The van der Waals surface area contributed by atoms with Crippen LogP contribution in [0.25, 0.3) is 0 Å². The second-order valence-electron chi connectivity index (χ2n) is 5.85. The Morgan fingerprint density at radius 2 is 1.78 bits per heavy atom. The molecule has 1 atom stereocenters. The SMILES string of the molecule is COc1ccc(C2CC(=O)Oc3c(C)cc(C)cc32)cc1OC. The molecule has 0 aromatic heterocycles. The number of aryl methyl sites for hydroxylation is 2. The molecule has 4 nitrogen and oxygen atoms in total. The topological polar surface area (TPSA) is 44.8 Å². The van der Waals surface area contributed by atoms with Crippen LogP contribution in [0.1, 0.15) is 34.6 Å². The third kappa shape index (κ3) is 2.77. The predicted molar refractivity (Wildman–Crippen MR) is 87.6 cm³/mol. The quantitative estimate of drug-likeness (QED) is 0.639. The Balaban J connectivity index is 2.13. The van der Waals surface area contributed by atoms with Crippen LogP contribution in [0, 0.1) is 13.8 Å². The number of fused-ring (bicyclic) bond motifs is 1. The Bertz CT molecular complexity index is 764. The van der Waals surface area contributed by atoms with Gasteiger partial charge in [-0.3, -0.25) is 4.79 Å². The summed E-state index contributed by atoms with van der Waals surface area (Å²) >= 11 is 0. The molecule has 0 radical (unpaired) electrons. The van der Waals surface area contributed by atoms with Crippen LogP contribution in [-0.4, -0.2) is 20.2 Å². The highest BCUT2D eigenvalue weighted by molar-refractivity contribution is 5.78. The maximum absolute atomic E-state index is 12.0. The van der Waals surface area contributed by atoms with Gasteiger partial charge < -0.3 is 14.2 Å². The number of ether oxygens (including phenoxy) is 3. The predicted octanol–water partition coefficient (Wildman–Crippen LogP) is 3.76. The third-order valence-corrected chi connectivity index (χ3v) is 4.22. The van der Waals surface area contributed by atoms with Crippen LogP contribution < -0.4 is 14.2 Å². The standard InChI is InChI=1S/C19H20O4/c1-11-7-12(2)19-15(8-11)14(10-18(20)23-19)13-5-6-16(21-3)17(9-13)22-4/h5-9,14H,10H2,1-4H3. The molecule has 1 aliphatic rings. The minimum atomic E-state index is -0.204. The monoisotopic (exact) mass is 312 g/mol. The van der Waals surface area contributed by atoms with E-state index in [0.29, 0.717) is 23.7 Å². The molecule has 3 rings (SSSR count). The van der Waals surface area contributed by atoms with E-state index >= 15 is 0 Å². The van der Waals surface area contributed by atoms with Crippen LogP contribution in [0.5, 0.6) is 17.2 Å². The molecule has 1 unspecified atom stereocenters. The van der Waals surface area contributed by atoms with Crippen molar-refractivity contribution < 1.29 is 19.0 Å². The van der Waals surface area contributed by atoms with Gasteiger partial charge in [0.2, 0.25) is 0 Å². The lowest BCUT2D eigenvalue weighted by Crippen LogP contribution is -2.22. The Kier molecular flexibility index (Phi) is 3.99. The summed E-state index contributed by atoms with van der Waals surface area (Å²) in [5, 5.41) is 0. The molecule has 2 aromatic rings. The van der Waals surface area contributed by atoms with Crippen molar-refractivity contribution in [2.45, 2.75) is 26.2 Å². The van der Waals surface area contributed by atoms with Gasteiger partial charge in [0.05, 0.1) is 20.6 Å². The van der Waals surface area contributed by atoms with Crippen molar-refractivity contribution in [1.29, 1.82) is 0 Å². The normalized spacial score (nSPS) is 16.5. The van der Waals surface area contributed by atoms with Crippen molar-refractivity contribution in [3.8, 4) is 17.2 Å². The van der Waals surface area contributed by atoms with E-state index in [2.05, 4.69) is 13.0 Å². The van der Waals surface area contributed by atoms with Crippen LogP contribution in [0.15, 0.2) is 30.3 Å². The van der Waals surface area contributed by atoms with Gasteiger partial charge in [-0.15, -0.1) is 0 Å². The van der Waals surface area contributed by atoms with Gasteiger partial charge in [-0.05, 0) is 37.1 Å². The number of hydrogen-bond donors (Lipinski definition) is 0. The number of esters is 1. The summed E-state index contributed by atoms with van der Waals surface area (Å²) in [4.78, 5) is 12.0. The van der Waals surface area contributed by atoms with Gasteiger partial charge in [0.1, 0.15) is 5.75 Å². The molecule has 23 heavy (non-hydrogen) atoms. The van der Waals surface area contributed by atoms with E-state index in [1.807, 2.05) is 31.2 Å². The van der Waals surface area contributed by atoms with Crippen molar-refractivity contribution in [3.63, 3.8) is 0 Å². The summed E-state index contributed by atoms with van der Waals surface area (Å²) < 4.78 is 16.2. The lowest BCUT2D eigenvalue weighted by Gasteiger charge is -2.27. The van der Waals surface area contributed by atoms with E-state index < -0.39 is 0 Å². The third-order valence-electron chi connectivity index (χ3n) is 4.22. The van der Waals surface area contributed by atoms with Crippen LogP contribution in [0.3, 0.4) is 0 Å². The molecule has 0 aliphatic carbocycles. The molecule has 120 valence electrons. The van der Waals surface area contributed by atoms with E-state index in [-0.39, 0.29) is 11.9 Å². The summed E-state index contributed by atoms with van der Waals surface area (Å²) in [5.74, 6) is 1.78. The Labute approximate surface area is 136 Å². The molecule has 0 saturated carbocycles. The molecule has 0 amide bonds. The van der Waals surface area contributed by atoms with E-state index in [0.717, 1.165) is 22.3 Å². The highest BCUT2D eigenvalue weighted by Gasteiger charge is 2.30. The molecule has 1 heterocycles. The second kappa shape index (κ2) is 5.95. The highest BCUT2D eigenvalue weighted by Crippen LogP contribution is 2.43. The molecular formula is C19H20O4. The second-order valence-corrected chi connectivity index (χ2v) is 5.85. The number of methoxy groups -OCH3 is 2. The zero-order valence-electron chi connectivity index (χ0n) is 13.8. The number of hydrogen-bond acceptors (Lipinski definition) is 4. The molecule has 4 heteroatoms. The number of carbonyl (C=O) groups excluding carboxylic acids is 1. The molecule has 0 spiro atoms. The van der Waals surface area contributed by atoms with Gasteiger partial charge in [0, 0.05) is 11.5 Å². The van der Waals surface area contributed by atoms with Gasteiger partial charge >= 0.3 is 5.97 Å². The summed E-state index contributed by atoms with van der Waals surface area (Å²) in [6.45, 7) is 4.02. The number of benzene rings is 2. The first-order valence-corrected chi connectivity index (χ1v) is 7.57. The summed E-state index contributed by atoms with van der Waals surface area (Å²) in [5.41, 5.74) is 4.21. The Morgan fingerprint density at radius 3 is 2.48 bits per heavy atom. The average molecular weight is 312 g/mol. The van der Waals surface area contributed by atoms with Crippen molar-refractivity contribution in [3.05, 3.63) is 52.6 Å². The van der Waals surface area contributed by atoms with E-state index in [1.165, 1.54) is 0 Å². The van der Waals surface area contributed by atoms with Gasteiger partial charge in [0.25, 0.3) is 0 Å². The van der Waals surface area contributed by atoms with Crippen LogP contribution in [-0.2, 0) is 4.79 Å². The number of carbonyl (C=O) groups is 1. The molecule has 0 fully saturated rings. The molecule has 0 N–H and O–H groups in total. The van der Waals surface area contributed by atoms with Gasteiger partial charge in [-0.1, -0.05) is 23.8 Å².